The molecule has 20 heavy (non-hydrogen) atoms. The van der Waals surface area contributed by atoms with Gasteiger partial charge in [-0.25, -0.2) is 0 Å². The molecule has 7 nitrogen and oxygen atoms in total. The third-order valence-corrected chi connectivity index (χ3v) is 2.96. The first-order chi connectivity index (χ1) is 9.43. The normalized spacial score (nSPS) is 12.0. The highest BCUT2D eigenvalue weighted by atomic mass is 16.6. The van der Waals surface area contributed by atoms with Gasteiger partial charge in [0.15, 0.2) is 0 Å². The van der Waals surface area contributed by atoms with Crippen LogP contribution in [0.25, 0.3) is 10.9 Å². The third kappa shape index (κ3) is 2.32. The van der Waals surface area contributed by atoms with E-state index in [0.29, 0.717) is 22.0 Å². The highest BCUT2D eigenvalue weighted by Crippen LogP contribution is 2.30. The standard InChI is InChI=1S/C13H11N3O4/c1-2-7-3-10-12(11(4-7)16(19)20)8(6-15-10)5-9(14)13(17)18/h1,3-4,6,9,15H,5,14H2,(H,17,18). The first-order valence-electron chi connectivity index (χ1n) is 5.67. The number of non-ortho nitro benzene ring substituents is 1. The monoisotopic (exact) mass is 273 g/mol. The lowest BCUT2D eigenvalue weighted by Gasteiger charge is -2.05. The van der Waals surface area contributed by atoms with Gasteiger partial charge < -0.3 is 15.8 Å². The zero-order valence-electron chi connectivity index (χ0n) is 10.3. The number of rotatable bonds is 4. The summed E-state index contributed by atoms with van der Waals surface area (Å²) < 4.78 is 0. The molecule has 0 bridgehead atoms. The molecule has 0 amide bonds. The smallest absolute Gasteiger partial charge is 0.320 e. The van der Waals surface area contributed by atoms with Gasteiger partial charge in [-0.2, -0.15) is 0 Å². The maximum atomic E-state index is 11.1. The van der Waals surface area contributed by atoms with Crippen molar-refractivity contribution in [1.82, 2.24) is 4.98 Å². The third-order valence-electron chi connectivity index (χ3n) is 2.96. The summed E-state index contributed by atoms with van der Waals surface area (Å²) in [6, 6.07) is 1.75. The average molecular weight is 273 g/mol. The zero-order valence-corrected chi connectivity index (χ0v) is 10.3. The second-order valence-corrected chi connectivity index (χ2v) is 4.28. The number of carbonyl (C=O) groups is 1. The molecule has 7 heteroatoms. The number of aromatic nitrogens is 1. The van der Waals surface area contributed by atoms with Crippen molar-refractivity contribution in [3.05, 3.63) is 39.6 Å². The molecule has 0 aliphatic rings. The predicted molar refractivity (Wildman–Crippen MR) is 72.2 cm³/mol. The van der Waals surface area contributed by atoms with Gasteiger partial charge in [0, 0.05) is 24.2 Å². The first-order valence-corrected chi connectivity index (χ1v) is 5.67. The van der Waals surface area contributed by atoms with Gasteiger partial charge in [0.1, 0.15) is 6.04 Å². The van der Waals surface area contributed by atoms with Crippen LogP contribution in [0.5, 0.6) is 0 Å². The van der Waals surface area contributed by atoms with Gasteiger partial charge in [0.05, 0.1) is 15.8 Å². The first kappa shape index (κ1) is 13.6. The molecule has 0 aliphatic carbocycles. The van der Waals surface area contributed by atoms with Crippen LogP contribution in [0.15, 0.2) is 18.3 Å². The lowest BCUT2D eigenvalue weighted by Crippen LogP contribution is -2.32. The molecule has 0 saturated heterocycles. The van der Waals surface area contributed by atoms with E-state index in [-0.39, 0.29) is 12.1 Å². The van der Waals surface area contributed by atoms with Crippen molar-refractivity contribution < 1.29 is 14.8 Å². The Morgan fingerprint density at radius 2 is 2.30 bits per heavy atom. The molecule has 1 unspecified atom stereocenters. The number of nitrogens with one attached hydrogen (secondary N) is 1. The van der Waals surface area contributed by atoms with Crippen LogP contribution in [0.3, 0.4) is 0 Å². The molecular weight excluding hydrogens is 262 g/mol. The van der Waals surface area contributed by atoms with Crippen molar-refractivity contribution in [1.29, 1.82) is 0 Å². The number of nitro benzene ring substituents is 1. The molecule has 0 spiro atoms. The molecule has 0 saturated carbocycles. The number of carboxylic acids is 1. The quantitative estimate of drug-likeness (QED) is 0.436. The summed E-state index contributed by atoms with van der Waals surface area (Å²) in [6.45, 7) is 0. The summed E-state index contributed by atoms with van der Waals surface area (Å²) in [5, 5.41) is 20.3. The van der Waals surface area contributed by atoms with Crippen LogP contribution in [0.4, 0.5) is 5.69 Å². The number of terminal acetylenes is 1. The van der Waals surface area contributed by atoms with Crippen molar-refractivity contribution in [2.45, 2.75) is 12.5 Å². The summed E-state index contributed by atoms with van der Waals surface area (Å²) in [6.07, 6.45) is 6.76. The molecule has 2 aromatic rings. The van der Waals surface area contributed by atoms with Crippen molar-refractivity contribution in [3.63, 3.8) is 0 Å². The van der Waals surface area contributed by atoms with Gasteiger partial charge in [-0.3, -0.25) is 14.9 Å². The molecule has 102 valence electrons. The molecule has 2 rings (SSSR count). The molecule has 0 radical (unpaired) electrons. The highest BCUT2D eigenvalue weighted by Gasteiger charge is 2.21. The van der Waals surface area contributed by atoms with Crippen LogP contribution in [0, 0.1) is 22.5 Å². The summed E-state index contributed by atoms with van der Waals surface area (Å²) >= 11 is 0. The van der Waals surface area contributed by atoms with Gasteiger partial charge >= 0.3 is 5.97 Å². The Kier molecular flexibility index (Phi) is 3.41. The molecule has 1 atom stereocenters. The van der Waals surface area contributed by atoms with Crippen LogP contribution in [0.2, 0.25) is 0 Å². The minimum Gasteiger partial charge on any atom is -0.480 e. The van der Waals surface area contributed by atoms with Gasteiger partial charge in [0.25, 0.3) is 5.69 Å². The van der Waals surface area contributed by atoms with Crippen LogP contribution in [-0.4, -0.2) is 27.0 Å². The number of aliphatic carboxylic acids is 1. The second kappa shape index (κ2) is 5.03. The average Bonchev–Trinajstić information content (AvgIpc) is 2.80. The fraction of sp³-hybridized carbons (Fsp3) is 0.154. The topological polar surface area (TPSA) is 122 Å². The van der Waals surface area contributed by atoms with E-state index in [0.717, 1.165) is 0 Å². The van der Waals surface area contributed by atoms with E-state index >= 15 is 0 Å². The highest BCUT2D eigenvalue weighted by molar-refractivity contribution is 5.93. The maximum Gasteiger partial charge on any atom is 0.320 e. The van der Waals surface area contributed by atoms with Gasteiger partial charge in [0.2, 0.25) is 0 Å². The second-order valence-electron chi connectivity index (χ2n) is 4.28. The van der Waals surface area contributed by atoms with Gasteiger partial charge in [-0.15, -0.1) is 6.42 Å². The molecule has 1 aromatic carbocycles. The van der Waals surface area contributed by atoms with E-state index < -0.39 is 16.9 Å². The maximum absolute atomic E-state index is 11.1. The number of carboxylic acid groups (broad SMARTS) is 1. The summed E-state index contributed by atoms with van der Waals surface area (Å²) in [7, 11) is 0. The largest absolute Gasteiger partial charge is 0.480 e. The van der Waals surface area contributed by atoms with Gasteiger partial charge in [-0.05, 0) is 11.6 Å². The number of nitrogens with zero attached hydrogens (tertiary/aromatic N) is 1. The Hall–Kier alpha value is -2.85. The lowest BCUT2D eigenvalue weighted by molar-refractivity contribution is -0.383. The van der Waals surface area contributed by atoms with E-state index in [4.69, 9.17) is 17.3 Å². The molecular formula is C13H11N3O4. The minimum absolute atomic E-state index is 0.00836. The van der Waals surface area contributed by atoms with E-state index in [1.807, 2.05) is 0 Å². The van der Waals surface area contributed by atoms with E-state index in [9.17, 15) is 14.9 Å². The zero-order chi connectivity index (χ0) is 14.9. The Bertz CT molecular complexity index is 742. The molecule has 0 aliphatic heterocycles. The number of H-pyrrole nitrogens is 1. The molecule has 1 aromatic heterocycles. The van der Waals surface area contributed by atoms with E-state index in [1.165, 1.54) is 12.3 Å². The van der Waals surface area contributed by atoms with Crippen LogP contribution >= 0.6 is 0 Å². The number of nitrogens with two attached hydrogens (primary N) is 1. The summed E-state index contributed by atoms with van der Waals surface area (Å²) in [4.78, 5) is 24.2. The Morgan fingerprint density at radius 1 is 1.60 bits per heavy atom. The minimum atomic E-state index is -1.16. The molecule has 0 fully saturated rings. The number of aromatic amines is 1. The number of benzene rings is 1. The van der Waals surface area contributed by atoms with E-state index in [1.54, 1.807) is 6.07 Å². The van der Waals surface area contributed by atoms with Crippen LogP contribution < -0.4 is 5.73 Å². The summed E-state index contributed by atoms with van der Waals surface area (Å²) in [5.74, 6) is 1.17. The number of hydrogen-bond donors (Lipinski definition) is 3. The predicted octanol–water partition coefficient (Wildman–Crippen LogP) is 1.01. The number of nitro groups is 1. The fourth-order valence-electron chi connectivity index (χ4n) is 2.03. The SMILES string of the molecule is C#Cc1cc([N+](=O)[O-])c2c(CC(N)C(=O)O)c[nH]c2c1. The fourth-order valence-corrected chi connectivity index (χ4v) is 2.03. The van der Waals surface area contributed by atoms with Crippen molar-refractivity contribution >= 4 is 22.6 Å². The lowest BCUT2D eigenvalue weighted by atomic mass is 10.0. The Labute approximate surface area is 113 Å². The van der Waals surface area contributed by atoms with Crippen molar-refractivity contribution in [2.24, 2.45) is 5.73 Å². The van der Waals surface area contributed by atoms with Crippen LogP contribution in [-0.2, 0) is 11.2 Å². The van der Waals surface area contributed by atoms with Crippen molar-refractivity contribution in [3.8, 4) is 12.3 Å². The van der Waals surface area contributed by atoms with Gasteiger partial charge in [-0.1, -0.05) is 5.92 Å². The number of hydrogen-bond acceptors (Lipinski definition) is 4. The van der Waals surface area contributed by atoms with Crippen LogP contribution in [0.1, 0.15) is 11.1 Å². The molecule has 4 N–H and O–H groups in total. The number of fused-ring (bicyclic) bond motifs is 1. The molecule has 1 heterocycles. The Morgan fingerprint density at radius 3 is 2.85 bits per heavy atom. The van der Waals surface area contributed by atoms with Crippen molar-refractivity contribution in [2.75, 3.05) is 0 Å². The Balaban J connectivity index is 2.61. The summed E-state index contributed by atoms with van der Waals surface area (Å²) in [5.41, 5.74) is 6.64. The van der Waals surface area contributed by atoms with E-state index in [2.05, 4.69) is 10.9 Å².